The summed E-state index contributed by atoms with van der Waals surface area (Å²) < 4.78 is 12.5. The second kappa shape index (κ2) is 9.13. The van der Waals surface area contributed by atoms with Crippen LogP contribution in [0.1, 0.15) is 50.5 Å². The number of aromatic nitrogens is 2. The van der Waals surface area contributed by atoms with Crippen LogP contribution in [0, 0.1) is 20.8 Å². The molecule has 0 saturated heterocycles. The lowest BCUT2D eigenvalue weighted by Gasteiger charge is -2.09. The Morgan fingerprint density at radius 3 is 2.55 bits per heavy atom. The number of ether oxygens (including phenoxy) is 1. The maximum absolute atomic E-state index is 12.6. The van der Waals surface area contributed by atoms with Crippen molar-refractivity contribution in [2.75, 3.05) is 6.61 Å². The molecule has 0 saturated carbocycles. The van der Waals surface area contributed by atoms with E-state index in [0.29, 0.717) is 16.9 Å². The van der Waals surface area contributed by atoms with Crippen LogP contribution in [0.15, 0.2) is 45.8 Å². The first-order valence-electron chi connectivity index (χ1n) is 9.41. The zero-order chi connectivity index (χ0) is 21.0. The third-order valence-corrected chi connectivity index (χ3v) is 5.79. The van der Waals surface area contributed by atoms with Crippen LogP contribution >= 0.6 is 11.8 Å². The molecule has 7 heteroatoms. The molecular weight excluding hydrogens is 388 g/mol. The van der Waals surface area contributed by atoms with Crippen LogP contribution in [0.5, 0.6) is 0 Å². The van der Waals surface area contributed by atoms with Gasteiger partial charge in [0.1, 0.15) is 5.76 Å². The zero-order valence-corrected chi connectivity index (χ0v) is 17.8. The van der Waals surface area contributed by atoms with Gasteiger partial charge in [0.25, 0.3) is 0 Å². The molecule has 0 spiro atoms. The fraction of sp³-hybridized carbons (Fsp3) is 0.318. The second-order valence-electron chi connectivity index (χ2n) is 6.74. The van der Waals surface area contributed by atoms with Crippen molar-refractivity contribution in [3.63, 3.8) is 0 Å². The topological polar surface area (TPSA) is 74.3 Å². The predicted octanol–water partition coefficient (Wildman–Crippen LogP) is 4.75. The van der Waals surface area contributed by atoms with Gasteiger partial charge in [0, 0.05) is 40.2 Å². The van der Waals surface area contributed by atoms with Crippen molar-refractivity contribution in [3.05, 3.63) is 70.4 Å². The standard InChI is InChI=1S/C22H24N2O4S/c1-5-24-14(2)10-19(16(24)4)20(25)12-27-22(26)18-8-6-7-9-21(18)29-13-17-11-15(3)28-23-17/h6-11H,5,12-13H2,1-4H3. The van der Waals surface area contributed by atoms with Gasteiger partial charge in [-0.3, -0.25) is 4.79 Å². The lowest BCUT2D eigenvalue weighted by molar-refractivity contribution is 0.0471. The van der Waals surface area contributed by atoms with Gasteiger partial charge in [-0.05, 0) is 45.9 Å². The first-order valence-corrected chi connectivity index (χ1v) is 10.4. The van der Waals surface area contributed by atoms with Gasteiger partial charge < -0.3 is 13.8 Å². The minimum Gasteiger partial charge on any atom is -0.454 e. The van der Waals surface area contributed by atoms with Crippen molar-refractivity contribution in [2.45, 2.75) is 44.9 Å². The number of esters is 1. The van der Waals surface area contributed by atoms with Crippen molar-refractivity contribution in [2.24, 2.45) is 0 Å². The number of hydrogen-bond donors (Lipinski definition) is 0. The van der Waals surface area contributed by atoms with E-state index in [1.54, 1.807) is 12.1 Å². The van der Waals surface area contributed by atoms with Gasteiger partial charge in [-0.2, -0.15) is 0 Å². The van der Waals surface area contributed by atoms with E-state index in [-0.39, 0.29) is 12.4 Å². The minimum absolute atomic E-state index is 0.200. The molecule has 2 heterocycles. The highest BCUT2D eigenvalue weighted by molar-refractivity contribution is 7.98. The Morgan fingerprint density at radius 2 is 1.90 bits per heavy atom. The SMILES string of the molecule is CCn1c(C)cc(C(=O)COC(=O)c2ccccc2SCc2cc(C)on2)c1C. The number of nitrogens with zero attached hydrogens (tertiary/aromatic N) is 2. The Hall–Kier alpha value is -2.80. The van der Waals surface area contributed by atoms with Gasteiger partial charge in [0.05, 0.1) is 11.3 Å². The average Bonchev–Trinajstić information content (AvgIpc) is 3.26. The first kappa shape index (κ1) is 20.9. The molecule has 0 aliphatic carbocycles. The number of ketones is 1. The summed E-state index contributed by atoms with van der Waals surface area (Å²) in [5.41, 5.74) is 3.75. The minimum atomic E-state index is -0.512. The Kier molecular flexibility index (Phi) is 6.59. The molecular formula is C22H24N2O4S. The molecule has 29 heavy (non-hydrogen) atoms. The molecule has 0 radical (unpaired) electrons. The summed E-state index contributed by atoms with van der Waals surface area (Å²) in [6.07, 6.45) is 0. The van der Waals surface area contributed by atoms with Crippen LogP contribution in [0.2, 0.25) is 0 Å². The highest BCUT2D eigenvalue weighted by Gasteiger charge is 2.19. The maximum atomic E-state index is 12.6. The molecule has 0 unspecified atom stereocenters. The van der Waals surface area contributed by atoms with Crippen LogP contribution in [-0.4, -0.2) is 28.1 Å². The highest BCUT2D eigenvalue weighted by atomic mass is 32.2. The monoisotopic (exact) mass is 412 g/mol. The quantitative estimate of drug-likeness (QED) is 0.302. The molecule has 2 aromatic heterocycles. The first-order chi connectivity index (χ1) is 13.9. The van der Waals surface area contributed by atoms with E-state index in [4.69, 9.17) is 9.26 Å². The number of benzene rings is 1. The highest BCUT2D eigenvalue weighted by Crippen LogP contribution is 2.27. The lowest BCUT2D eigenvalue weighted by Crippen LogP contribution is -2.15. The molecule has 1 aromatic carbocycles. The number of aryl methyl sites for hydroxylation is 2. The van der Waals surface area contributed by atoms with Crippen LogP contribution in [0.25, 0.3) is 0 Å². The van der Waals surface area contributed by atoms with Gasteiger partial charge >= 0.3 is 5.97 Å². The average molecular weight is 413 g/mol. The Labute approximate surface area is 174 Å². The molecule has 0 bridgehead atoms. The fourth-order valence-electron chi connectivity index (χ4n) is 3.26. The number of carbonyl (C=O) groups excluding carboxylic acids is 2. The molecule has 152 valence electrons. The Balaban J connectivity index is 1.66. The zero-order valence-electron chi connectivity index (χ0n) is 17.0. The number of Topliss-reactive ketones (excluding diaryl/α,β-unsaturated/α-hetero) is 1. The molecule has 0 aliphatic rings. The summed E-state index contributed by atoms with van der Waals surface area (Å²) >= 11 is 1.47. The van der Waals surface area contributed by atoms with Crippen LogP contribution in [-0.2, 0) is 17.0 Å². The summed E-state index contributed by atoms with van der Waals surface area (Å²) in [6.45, 7) is 8.24. The molecule has 0 amide bonds. The van der Waals surface area contributed by atoms with Gasteiger partial charge in [-0.1, -0.05) is 17.3 Å². The van der Waals surface area contributed by atoms with Crippen molar-refractivity contribution >= 4 is 23.5 Å². The van der Waals surface area contributed by atoms with E-state index < -0.39 is 5.97 Å². The van der Waals surface area contributed by atoms with Gasteiger partial charge in [-0.25, -0.2) is 4.79 Å². The van der Waals surface area contributed by atoms with Crippen molar-refractivity contribution in [1.82, 2.24) is 9.72 Å². The number of rotatable bonds is 8. The van der Waals surface area contributed by atoms with Crippen LogP contribution in [0.4, 0.5) is 0 Å². The smallest absolute Gasteiger partial charge is 0.339 e. The molecule has 0 fully saturated rings. The van der Waals surface area contributed by atoms with Crippen LogP contribution in [0.3, 0.4) is 0 Å². The van der Waals surface area contributed by atoms with Crippen molar-refractivity contribution in [1.29, 1.82) is 0 Å². The summed E-state index contributed by atoms with van der Waals surface area (Å²) in [5, 5.41) is 3.96. The predicted molar refractivity (Wildman–Crippen MR) is 111 cm³/mol. The summed E-state index contributed by atoms with van der Waals surface area (Å²) in [5.74, 6) is 0.606. The van der Waals surface area contributed by atoms with E-state index in [9.17, 15) is 9.59 Å². The van der Waals surface area contributed by atoms with Gasteiger partial charge in [0.15, 0.2) is 6.61 Å². The van der Waals surface area contributed by atoms with Crippen molar-refractivity contribution < 1.29 is 18.8 Å². The summed E-state index contributed by atoms with van der Waals surface area (Å²) in [4.78, 5) is 25.9. The van der Waals surface area contributed by atoms with E-state index in [1.165, 1.54) is 11.8 Å². The van der Waals surface area contributed by atoms with E-state index in [2.05, 4.69) is 9.72 Å². The molecule has 6 nitrogen and oxygen atoms in total. The Morgan fingerprint density at radius 1 is 1.14 bits per heavy atom. The molecule has 0 aliphatic heterocycles. The largest absolute Gasteiger partial charge is 0.454 e. The maximum Gasteiger partial charge on any atom is 0.339 e. The van der Waals surface area contributed by atoms with Gasteiger partial charge in [0.2, 0.25) is 5.78 Å². The Bertz CT molecular complexity index is 1040. The fourth-order valence-corrected chi connectivity index (χ4v) is 4.18. The number of carbonyl (C=O) groups is 2. The third kappa shape index (κ3) is 4.79. The van der Waals surface area contributed by atoms with Crippen LogP contribution < -0.4 is 0 Å². The van der Waals surface area contributed by atoms with Gasteiger partial charge in [-0.15, -0.1) is 11.8 Å². The second-order valence-corrected chi connectivity index (χ2v) is 7.76. The van der Waals surface area contributed by atoms with E-state index >= 15 is 0 Å². The molecule has 3 aromatic rings. The van der Waals surface area contributed by atoms with E-state index in [1.807, 2.05) is 52.0 Å². The van der Waals surface area contributed by atoms with E-state index in [0.717, 1.165) is 34.3 Å². The molecule has 0 N–H and O–H groups in total. The normalized spacial score (nSPS) is 10.9. The number of hydrogen-bond acceptors (Lipinski definition) is 6. The number of thioether (sulfide) groups is 1. The molecule has 3 rings (SSSR count). The summed E-state index contributed by atoms with van der Waals surface area (Å²) in [6, 6.07) is 10.9. The summed E-state index contributed by atoms with van der Waals surface area (Å²) in [7, 11) is 0. The lowest BCUT2D eigenvalue weighted by atomic mass is 10.1. The van der Waals surface area contributed by atoms with Crippen molar-refractivity contribution in [3.8, 4) is 0 Å². The third-order valence-electron chi connectivity index (χ3n) is 4.68. The molecule has 0 atom stereocenters.